The predicted molar refractivity (Wildman–Crippen MR) is 120 cm³/mol. The zero-order valence-electron chi connectivity index (χ0n) is 18.7. The maximum absolute atomic E-state index is 11.1. The number of allylic oxidation sites excluding steroid dienone is 4. The van der Waals surface area contributed by atoms with Crippen LogP contribution in [0.15, 0.2) is 24.3 Å². The first-order chi connectivity index (χ1) is 14.2. The summed E-state index contributed by atoms with van der Waals surface area (Å²) >= 11 is 0. The maximum Gasteiger partial charge on any atom is 0.305 e. The highest BCUT2D eigenvalue weighted by Gasteiger charge is 2.21. The van der Waals surface area contributed by atoms with Crippen LogP contribution < -0.4 is 0 Å². The van der Waals surface area contributed by atoms with Gasteiger partial charge in [0.1, 0.15) is 0 Å². The molecule has 0 aromatic rings. The molecule has 4 heteroatoms. The van der Waals surface area contributed by atoms with Crippen LogP contribution in [-0.4, -0.2) is 30.1 Å². The standard InChI is InChI=1S/C25H44O4/c1-2-3-4-5-6-7-8-9-10-11-12-13-14-15-16-19-23(22-24(26)27)29-25-20-17-18-21-28-25/h6-7,9-10,23,25H,2-5,8,11-22H2,1H3,(H,26,27). The van der Waals surface area contributed by atoms with E-state index >= 15 is 0 Å². The zero-order valence-corrected chi connectivity index (χ0v) is 18.7. The first-order valence-corrected chi connectivity index (χ1v) is 12.0. The molecule has 2 atom stereocenters. The number of hydrogen-bond acceptors (Lipinski definition) is 3. The Morgan fingerprint density at radius 1 is 1.00 bits per heavy atom. The van der Waals surface area contributed by atoms with Crippen LogP contribution in [0, 0.1) is 0 Å². The van der Waals surface area contributed by atoms with Gasteiger partial charge in [0.2, 0.25) is 0 Å². The SMILES string of the molecule is CCCCCC=CCC=CCCCCCCCC(CC(=O)O)OC1CCCCO1. The number of carbonyl (C=O) groups is 1. The Morgan fingerprint density at radius 2 is 1.69 bits per heavy atom. The summed E-state index contributed by atoms with van der Waals surface area (Å²) in [7, 11) is 0. The minimum absolute atomic E-state index is 0.0811. The Bertz CT molecular complexity index is 438. The molecule has 1 rings (SSSR count). The average molecular weight is 409 g/mol. The molecular weight excluding hydrogens is 364 g/mol. The van der Waals surface area contributed by atoms with E-state index in [2.05, 4.69) is 31.2 Å². The van der Waals surface area contributed by atoms with Crippen molar-refractivity contribution in [3.63, 3.8) is 0 Å². The molecule has 29 heavy (non-hydrogen) atoms. The number of carboxylic acids is 1. The van der Waals surface area contributed by atoms with Crippen LogP contribution in [0.3, 0.4) is 0 Å². The van der Waals surface area contributed by atoms with Crippen LogP contribution in [0.25, 0.3) is 0 Å². The van der Waals surface area contributed by atoms with E-state index in [9.17, 15) is 4.79 Å². The van der Waals surface area contributed by atoms with E-state index in [0.717, 1.165) is 58.0 Å². The van der Waals surface area contributed by atoms with Crippen LogP contribution in [-0.2, 0) is 14.3 Å². The molecular formula is C25H44O4. The minimum atomic E-state index is -0.784. The van der Waals surface area contributed by atoms with Gasteiger partial charge >= 0.3 is 5.97 Å². The quantitative estimate of drug-likeness (QED) is 0.193. The van der Waals surface area contributed by atoms with Crippen molar-refractivity contribution in [1.82, 2.24) is 0 Å². The molecule has 0 aromatic carbocycles. The van der Waals surface area contributed by atoms with Crippen molar-refractivity contribution in [1.29, 1.82) is 0 Å². The van der Waals surface area contributed by atoms with Crippen LogP contribution >= 0.6 is 0 Å². The number of carboxylic acid groups (broad SMARTS) is 1. The van der Waals surface area contributed by atoms with Gasteiger partial charge in [0.25, 0.3) is 0 Å². The fraction of sp³-hybridized carbons (Fsp3) is 0.800. The average Bonchev–Trinajstić information content (AvgIpc) is 2.71. The van der Waals surface area contributed by atoms with Gasteiger partial charge in [0.15, 0.2) is 6.29 Å². The van der Waals surface area contributed by atoms with Gasteiger partial charge in [-0.25, -0.2) is 0 Å². The molecule has 1 heterocycles. The summed E-state index contributed by atoms with van der Waals surface area (Å²) in [4.78, 5) is 11.1. The highest BCUT2D eigenvalue weighted by molar-refractivity contribution is 5.67. The Hall–Kier alpha value is -1.13. The summed E-state index contributed by atoms with van der Waals surface area (Å²) in [5, 5.41) is 9.11. The summed E-state index contributed by atoms with van der Waals surface area (Å²) in [5.41, 5.74) is 0. The number of hydrogen-bond donors (Lipinski definition) is 1. The third kappa shape index (κ3) is 16.4. The van der Waals surface area contributed by atoms with E-state index in [1.54, 1.807) is 0 Å². The highest BCUT2D eigenvalue weighted by atomic mass is 16.7. The van der Waals surface area contributed by atoms with Gasteiger partial charge in [-0.05, 0) is 57.8 Å². The number of unbranched alkanes of at least 4 members (excludes halogenated alkanes) is 8. The molecule has 0 spiro atoms. The third-order valence-electron chi connectivity index (χ3n) is 5.36. The van der Waals surface area contributed by atoms with Crippen molar-refractivity contribution < 1.29 is 19.4 Å². The lowest BCUT2D eigenvalue weighted by Gasteiger charge is -2.27. The lowest BCUT2D eigenvalue weighted by atomic mass is 10.0. The second kappa shape index (κ2) is 18.9. The van der Waals surface area contributed by atoms with E-state index in [1.165, 1.54) is 44.9 Å². The highest BCUT2D eigenvalue weighted by Crippen LogP contribution is 2.20. The lowest BCUT2D eigenvalue weighted by molar-refractivity contribution is -0.193. The first-order valence-electron chi connectivity index (χ1n) is 12.0. The fourth-order valence-electron chi connectivity index (χ4n) is 3.63. The van der Waals surface area contributed by atoms with Crippen molar-refractivity contribution in [2.45, 2.75) is 122 Å². The van der Waals surface area contributed by atoms with E-state index < -0.39 is 5.97 Å². The second-order valence-corrected chi connectivity index (χ2v) is 8.17. The molecule has 168 valence electrons. The molecule has 0 aliphatic carbocycles. The summed E-state index contributed by atoms with van der Waals surface area (Å²) in [6.07, 6.45) is 26.0. The van der Waals surface area contributed by atoms with Crippen LogP contribution in [0.1, 0.15) is 110 Å². The molecule has 1 aliphatic heterocycles. The second-order valence-electron chi connectivity index (χ2n) is 8.17. The van der Waals surface area contributed by atoms with Gasteiger partial charge in [0, 0.05) is 6.61 Å². The summed E-state index contributed by atoms with van der Waals surface area (Å²) in [5.74, 6) is -0.784. The van der Waals surface area contributed by atoms with Crippen molar-refractivity contribution in [3.05, 3.63) is 24.3 Å². The minimum Gasteiger partial charge on any atom is -0.481 e. The Labute approximate surface area is 178 Å². The van der Waals surface area contributed by atoms with E-state index in [1.807, 2.05) is 0 Å². The first kappa shape index (κ1) is 25.9. The van der Waals surface area contributed by atoms with Crippen molar-refractivity contribution >= 4 is 5.97 Å². The monoisotopic (exact) mass is 408 g/mol. The van der Waals surface area contributed by atoms with Crippen molar-refractivity contribution in [2.24, 2.45) is 0 Å². The predicted octanol–water partition coefficient (Wildman–Crippen LogP) is 7.19. The number of rotatable bonds is 18. The molecule has 2 unspecified atom stereocenters. The number of aliphatic carboxylic acids is 1. The molecule has 4 nitrogen and oxygen atoms in total. The molecule has 0 amide bonds. The summed E-state index contributed by atoms with van der Waals surface area (Å²) < 4.78 is 11.5. The van der Waals surface area contributed by atoms with E-state index in [0.29, 0.717) is 0 Å². The fourth-order valence-corrected chi connectivity index (χ4v) is 3.63. The lowest BCUT2D eigenvalue weighted by Crippen LogP contribution is -2.29. The van der Waals surface area contributed by atoms with E-state index in [-0.39, 0.29) is 18.8 Å². The molecule has 1 N–H and O–H groups in total. The van der Waals surface area contributed by atoms with Gasteiger partial charge in [-0.1, -0.05) is 69.8 Å². The van der Waals surface area contributed by atoms with Gasteiger partial charge in [-0.2, -0.15) is 0 Å². The normalized spacial score (nSPS) is 18.6. The van der Waals surface area contributed by atoms with Gasteiger partial charge in [-0.15, -0.1) is 0 Å². The number of ether oxygens (including phenoxy) is 2. The molecule has 1 fully saturated rings. The van der Waals surface area contributed by atoms with Gasteiger partial charge < -0.3 is 14.6 Å². The van der Waals surface area contributed by atoms with Gasteiger partial charge in [0.05, 0.1) is 12.5 Å². The maximum atomic E-state index is 11.1. The largest absolute Gasteiger partial charge is 0.481 e. The Kier molecular flexibility index (Phi) is 16.9. The topological polar surface area (TPSA) is 55.8 Å². The smallest absolute Gasteiger partial charge is 0.305 e. The van der Waals surface area contributed by atoms with Crippen molar-refractivity contribution in [2.75, 3.05) is 6.61 Å². The van der Waals surface area contributed by atoms with Gasteiger partial charge in [-0.3, -0.25) is 4.79 Å². The molecule has 0 radical (unpaired) electrons. The summed E-state index contributed by atoms with van der Waals surface area (Å²) in [6, 6.07) is 0. The third-order valence-corrected chi connectivity index (χ3v) is 5.36. The Morgan fingerprint density at radius 3 is 2.34 bits per heavy atom. The molecule has 0 aromatic heterocycles. The molecule has 0 bridgehead atoms. The summed E-state index contributed by atoms with van der Waals surface area (Å²) in [6.45, 7) is 2.97. The van der Waals surface area contributed by atoms with Crippen LogP contribution in [0.4, 0.5) is 0 Å². The van der Waals surface area contributed by atoms with Crippen LogP contribution in [0.2, 0.25) is 0 Å². The zero-order chi connectivity index (χ0) is 21.0. The van der Waals surface area contributed by atoms with Crippen molar-refractivity contribution in [3.8, 4) is 0 Å². The van der Waals surface area contributed by atoms with Crippen LogP contribution in [0.5, 0.6) is 0 Å². The molecule has 1 saturated heterocycles. The Balaban J connectivity index is 1.99. The van der Waals surface area contributed by atoms with E-state index in [4.69, 9.17) is 14.6 Å². The molecule has 1 aliphatic rings. The molecule has 0 saturated carbocycles.